The lowest BCUT2D eigenvalue weighted by Crippen LogP contribution is -2.17. The van der Waals surface area contributed by atoms with Gasteiger partial charge in [0, 0.05) is 15.6 Å². The molecule has 25 heavy (non-hydrogen) atoms. The van der Waals surface area contributed by atoms with E-state index in [4.69, 9.17) is 27.6 Å². The average molecular weight is 438 g/mol. The molecule has 3 rings (SSSR count). The van der Waals surface area contributed by atoms with E-state index >= 15 is 0 Å². The smallest absolute Gasteiger partial charge is 0.271 e. The molecule has 0 aliphatic rings. The van der Waals surface area contributed by atoms with Crippen LogP contribution in [0.1, 0.15) is 16.1 Å². The summed E-state index contributed by atoms with van der Waals surface area (Å²) in [6.45, 7) is 0. The maximum absolute atomic E-state index is 12.0. The molecule has 0 saturated heterocycles. The summed E-state index contributed by atoms with van der Waals surface area (Å²) in [5.74, 6) is 0.718. The second kappa shape index (κ2) is 7.87. The number of benzene rings is 2. The number of hydrogen-bond acceptors (Lipinski definition) is 3. The Kier molecular flexibility index (Phi) is 5.58. The van der Waals surface area contributed by atoms with Gasteiger partial charge in [0.2, 0.25) is 0 Å². The second-order valence-electron chi connectivity index (χ2n) is 5.01. The van der Waals surface area contributed by atoms with Gasteiger partial charge in [-0.25, -0.2) is 5.43 Å². The Labute approximate surface area is 162 Å². The molecule has 4 nitrogen and oxygen atoms in total. The summed E-state index contributed by atoms with van der Waals surface area (Å²) in [5, 5.41) is 4.77. The molecule has 0 bridgehead atoms. The number of nitrogens with zero attached hydrogens (tertiary/aromatic N) is 1. The number of rotatable bonds is 4. The van der Waals surface area contributed by atoms with Gasteiger partial charge in [0.25, 0.3) is 5.91 Å². The van der Waals surface area contributed by atoms with Crippen LogP contribution in [0.15, 0.2) is 68.6 Å². The highest BCUT2D eigenvalue weighted by Crippen LogP contribution is 2.34. The van der Waals surface area contributed by atoms with Gasteiger partial charge in [-0.3, -0.25) is 4.79 Å². The number of carbonyl (C=O) groups excluding carboxylic acids is 1. The van der Waals surface area contributed by atoms with E-state index in [1.54, 1.807) is 42.5 Å². The van der Waals surface area contributed by atoms with Crippen molar-refractivity contribution in [1.29, 1.82) is 0 Å². The van der Waals surface area contributed by atoms with Gasteiger partial charge in [-0.15, -0.1) is 0 Å². The van der Waals surface area contributed by atoms with Crippen LogP contribution in [0.4, 0.5) is 0 Å². The summed E-state index contributed by atoms with van der Waals surface area (Å²) in [6.07, 6.45) is 1.41. The van der Waals surface area contributed by atoms with Gasteiger partial charge in [0.15, 0.2) is 0 Å². The summed E-state index contributed by atoms with van der Waals surface area (Å²) in [7, 11) is 0. The third-order valence-corrected chi connectivity index (χ3v) is 4.60. The third-order valence-electron chi connectivity index (χ3n) is 3.29. The predicted octanol–water partition coefficient (Wildman–Crippen LogP) is 5.78. The van der Waals surface area contributed by atoms with E-state index in [2.05, 4.69) is 26.5 Å². The predicted molar refractivity (Wildman–Crippen MR) is 103 cm³/mol. The van der Waals surface area contributed by atoms with Crippen molar-refractivity contribution in [3.63, 3.8) is 0 Å². The SMILES string of the molecule is O=C(N/N=C/c1ccc(-c2cccc(Cl)c2Cl)o1)c1cccc(Br)c1. The molecule has 0 aliphatic heterocycles. The highest BCUT2D eigenvalue weighted by Gasteiger charge is 2.10. The van der Waals surface area contributed by atoms with E-state index in [1.165, 1.54) is 6.21 Å². The Morgan fingerprint density at radius 2 is 1.92 bits per heavy atom. The lowest BCUT2D eigenvalue weighted by atomic mass is 10.2. The van der Waals surface area contributed by atoms with Crippen molar-refractivity contribution >= 4 is 51.3 Å². The van der Waals surface area contributed by atoms with Crippen molar-refractivity contribution in [1.82, 2.24) is 5.43 Å². The number of nitrogens with one attached hydrogen (secondary N) is 1. The van der Waals surface area contributed by atoms with E-state index in [1.807, 2.05) is 12.1 Å². The van der Waals surface area contributed by atoms with Gasteiger partial charge >= 0.3 is 0 Å². The van der Waals surface area contributed by atoms with Crippen LogP contribution >= 0.6 is 39.1 Å². The van der Waals surface area contributed by atoms with Crippen LogP contribution in [0.25, 0.3) is 11.3 Å². The molecular formula is C18H11BrCl2N2O2. The standard InChI is InChI=1S/C18H11BrCl2N2O2/c19-12-4-1-3-11(9-12)18(24)23-22-10-13-7-8-16(25-13)14-5-2-6-15(20)17(14)21/h1-10H,(H,23,24)/b22-10+. The summed E-state index contributed by atoms with van der Waals surface area (Å²) in [4.78, 5) is 12.0. The number of carbonyl (C=O) groups is 1. The van der Waals surface area contributed by atoms with Gasteiger partial charge in [-0.1, -0.05) is 51.3 Å². The van der Waals surface area contributed by atoms with Crippen molar-refractivity contribution in [2.75, 3.05) is 0 Å². The summed E-state index contributed by atoms with van der Waals surface area (Å²) >= 11 is 15.5. The number of furan rings is 1. The Bertz CT molecular complexity index is 954. The summed E-state index contributed by atoms with van der Waals surface area (Å²) in [5.41, 5.74) is 3.63. The van der Waals surface area contributed by atoms with Crippen LogP contribution in [0.3, 0.4) is 0 Å². The fraction of sp³-hybridized carbons (Fsp3) is 0. The van der Waals surface area contributed by atoms with Crippen molar-refractivity contribution in [3.05, 3.63) is 80.4 Å². The largest absolute Gasteiger partial charge is 0.455 e. The van der Waals surface area contributed by atoms with Crippen LogP contribution in [0, 0.1) is 0 Å². The monoisotopic (exact) mass is 436 g/mol. The van der Waals surface area contributed by atoms with Crippen molar-refractivity contribution < 1.29 is 9.21 Å². The summed E-state index contributed by atoms with van der Waals surface area (Å²) in [6, 6.07) is 15.8. The van der Waals surface area contributed by atoms with Gasteiger partial charge in [0.05, 0.1) is 16.3 Å². The first-order valence-corrected chi connectivity index (χ1v) is 8.72. The van der Waals surface area contributed by atoms with Gasteiger partial charge in [0.1, 0.15) is 11.5 Å². The van der Waals surface area contributed by atoms with Crippen LogP contribution in [0.2, 0.25) is 10.0 Å². The molecule has 7 heteroatoms. The van der Waals surface area contributed by atoms with Crippen molar-refractivity contribution in [2.24, 2.45) is 5.10 Å². The molecule has 0 spiro atoms. The lowest BCUT2D eigenvalue weighted by Gasteiger charge is -2.02. The van der Waals surface area contributed by atoms with Crippen LogP contribution in [-0.4, -0.2) is 12.1 Å². The quantitative estimate of drug-likeness (QED) is 0.415. The molecule has 0 saturated carbocycles. The Balaban J connectivity index is 1.70. The fourth-order valence-corrected chi connectivity index (χ4v) is 2.90. The first-order chi connectivity index (χ1) is 12.0. The van der Waals surface area contributed by atoms with E-state index in [9.17, 15) is 4.79 Å². The Morgan fingerprint density at radius 3 is 2.72 bits per heavy atom. The van der Waals surface area contributed by atoms with Gasteiger partial charge in [-0.2, -0.15) is 5.10 Å². The average Bonchev–Trinajstić information content (AvgIpc) is 3.06. The number of halogens is 3. The minimum atomic E-state index is -0.317. The van der Waals surface area contributed by atoms with Crippen LogP contribution in [0.5, 0.6) is 0 Å². The van der Waals surface area contributed by atoms with E-state index in [-0.39, 0.29) is 5.91 Å². The second-order valence-corrected chi connectivity index (χ2v) is 6.71. The molecule has 0 radical (unpaired) electrons. The highest BCUT2D eigenvalue weighted by atomic mass is 79.9. The fourth-order valence-electron chi connectivity index (χ4n) is 2.11. The molecule has 0 fully saturated rings. The van der Waals surface area contributed by atoms with Gasteiger partial charge in [-0.05, 0) is 42.5 Å². The molecule has 3 aromatic rings. The van der Waals surface area contributed by atoms with E-state index in [0.29, 0.717) is 32.7 Å². The minimum absolute atomic E-state index is 0.317. The molecule has 0 aliphatic carbocycles. The number of hydrogen-bond donors (Lipinski definition) is 1. The zero-order valence-corrected chi connectivity index (χ0v) is 15.8. The molecule has 1 aromatic heterocycles. The maximum atomic E-state index is 12.0. The molecule has 1 N–H and O–H groups in total. The first-order valence-electron chi connectivity index (χ1n) is 7.18. The molecule has 0 atom stereocenters. The maximum Gasteiger partial charge on any atom is 0.271 e. The van der Waals surface area contributed by atoms with E-state index < -0.39 is 0 Å². The molecule has 2 aromatic carbocycles. The van der Waals surface area contributed by atoms with Crippen molar-refractivity contribution in [2.45, 2.75) is 0 Å². The molecule has 126 valence electrons. The lowest BCUT2D eigenvalue weighted by molar-refractivity contribution is 0.0955. The molecule has 0 unspecified atom stereocenters. The topological polar surface area (TPSA) is 54.6 Å². The Hall–Kier alpha value is -2.08. The van der Waals surface area contributed by atoms with E-state index in [0.717, 1.165) is 4.47 Å². The molecular weight excluding hydrogens is 427 g/mol. The Morgan fingerprint density at radius 1 is 1.12 bits per heavy atom. The zero-order valence-electron chi connectivity index (χ0n) is 12.7. The molecule has 1 amide bonds. The van der Waals surface area contributed by atoms with Crippen molar-refractivity contribution in [3.8, 4) is 11.3 Å². The van der Waals surface area contributed by atoms with Gasteiger partial charge < -0.3 is 4.42 Å². The van der Waals surface area contributed by atoms with Crippen LogP contribution in [-0.2, 0) is 0 Å². The highest BCUT2D eigenvalue weighted by molar-refractivity contribution is 9.10. The van der Waals surface area contributed by atoms with Crippen LogP contribution < -0.4 is 5.43 Å². The zero-order chi connectivity index (χ0) is 17.8. The third kappa shape index (κ3) is 4.31. The first kappa shape index (κ1) is 17.7. The minimum Gasteiger partial charge on any atom is -0.455 e. The molecule has 1 heterocycles. The normalized spacial score (nSPS) is 11.0. The number of amides is 1. The number of hydrazone groups is 1. The summed E-state index contributed by atoms with van der Waals surface area (Å²) < 4.78 is 6.48.